The molecule has 4 rings (SSSR count). The number of nitrogens with two attached hydrogens (primary N) is 1. The second-order valence-corrected chi connectivity index (χ2v) is 5.97. The maximum absolute atomic E-state index is 14.4. The molecule has 2 aromatic carbocycles. The van der Waals surface area contributed by atoms with Crippen LogP contribution < -0.4 is 11.3 Å². The number of rotatable bonds is 4. The summed E-state index contributed by atoms with van der Waals surface area (Å²) in [5.41, 5.74) is 7.16. The van der Waals surface area contributed by atoms with Crippen molar-refractivity contribution in [1.29, 1.82) is 0 Å². The van der Waals surface area contributed by atoms with Gasteiger partial charge in [-0.15, -0.1) is 0 Å². The fraction of sp³-hybridized carbons (Fsp3) is 0.105. The molecule has 0 saturated carbocycles. The zero-order chi connectivity index (χ0) is 19.0. The minimum Gasteiger partial charge on any atom is -0.394 e. The molecule has 0 atom stereocenters. The highest BCUT2D eigenvalue weighted by atomic mass is 19.1. The Morgan fingerprint density at radius 1 is 1.15 bits per heavy atom. The number of halogens is 1. The number of H-pyrrole nitrogens is 1. The van der Waals surface area contributed by atoms with Crippen LogP contribution >= 0.6 is 0 Å². The molecule has 0 bridgehead atoms. The lowest BCUT2D eigenvalue weighted by atomic mass is 10.1. The Morgan fingerprint density at radius 2 is 1.89 bits per heavy atom. The molecule has 27 heavy (non-hydrogen) atoms. The number of hydrogen-bond acceptors (Lipinski definition) is 5. The summed E-state index contributed by atoms with van der Waals surface area (Å²) in [6.45, 7) is -0.0607. The van der Waals surface area contributed by atoms with Crippen LogP contribution in [0.2, 0.25) is 0 Å². The topological polar surface area (TPSA) is 110 Å². The first-order valence-electron chi connectivity index (χ1n) is 8.31. The van der Waals surface area contributed by atoms with Gasteiger partial charge in [0.2, 0.25) is 0 Å². The van der Waals surface area contributed by atoms with Crippen LogP contribution in [0.5, 0.6) is 0 Å². The number of nitrogens with one attached hydrogen (secondary N) is 1. The van der Waals surface area contributed by atoms with E-state index < -0.39 is 5.82 Å². The van der Waals surface area contributed by atoms with Gasteiger partial charge in [-0.2, -0.15) is 5.10 Å². The van der Waals surface area contributed by atoms with Gasteiger partial charge in [-0.05, 0) is 24.3 Å². The molecule has 0 radical (unpaired) electrons. The van der Waals surface area contributed by atoms with Crippen LogP contribution in [0.25, 0.3) is 33.5 Å². The van der Waals surface area contributed by atoms with Gasteiger partial charge in [0, 0.05) is 5.56 Å². The highest BCUT2D eigenvalue weighted by Crippen LogP contribution is 2.35. The number of aromatic amines is 1. The molecular formula is C19H16FN5O2. The Kier molecular flexibility index (Phi) is 4.17. The molecule has 0 aliphatic rings. The first-order valence-corrected chi connectivity index (χ1v) is 8.31. The number of hydrogen-bond donors (Lipinski definition) is 3. The lowest BCUT2D eigenvalue weighted by Crippen LogP contribution is -2.11. The Labute approximate surface area is 152 Å². The van der Waals surface area contributed by atoms with E-state index in [0.29, 0.717) is 16.5 Å². The maximum atomic E-state index is 14.4. The highest BCUT2D eigenvalue weighted by Gasteiger charge is 2.23. The number of benzene rings is 2. The van der Waals surface area contributed by atoms with Gasteiger partial charge in [0.1, 0.15) is 23.2 Å². The van der Waals surface area contributed by atoms with Crippen molar-refractivity contribution in [2.75, 3.05) is 12.3 Å². The van der Waals surface area contributed by atoms with Gasteiger partial charge < -0.3 is 15.8 Å². The number of nitrogens with zero attached hydrogens (tertiary/aromatic N) is 3. The summed E-state index contributed by atoms with van der Waals surface area (Å²) >= 11 is 0. The average Bonchev–Trinajstić information content (AvgIpc) is 2.99. The van der Waals surface area contributed by atoms with Gasteiger partial charge in [0.05, 0.1) is 29.6 Å². The van der Waals surface area contributed by atoms with E-state index in [1.807, 2.05) is 0 Å². The smallest absolute Gasteiger partial charge is 0.259 e. The standard InChI is InChI=1S/C19H16FN5O2/c20-13-7-3-1-5-11(13)16-15(17(21)25(24-16)9-10-26)18-22-14-8-4-2-6-12(14)19(27)23-18/h1-8,26H,9-10,21H2,(H,22,23,27). The van der Waals surface area contributed by atoms with Crippen LogP contribution in [0.1, 0.15) is 0 Å². The molecule has 2 aromatic heterocycles. The molecule has 0 saturated heterocycles. The van der Waals surface area contributed by atoms with Gasteiger partial charge >= 0.3 is 0 Å². The van der Waals surface area contributed by atoms with E-state index in [1.54, 1.807) is 42.5 Å². The van der Waals surface area contributed by atoms with Crippen LogP contribution in [-0.2, 0) is 6.54 Å². The summed E-state index contributed by atoms with van der Waals surface area (Å²) in [6, 6.07) is 13.0. The quantitative estimate of drug-likeness (QED) is 0.513. The minimum absolute atomic E-state index is 0.130. The van der Waals surface area contributed by atoms with Crippen molar-refractivity contribution >= 4 is 16.7 Å². The summed E-state index contributed by atoms with van der Waals surface area (Å²) < 4.78 is 15.8. The summed E-state index contributed by atoms with van der Waals surface area (Å²) in [4.78, 5) is 19.6. The van der Waals surface area contributed by atoms with Crippen LogP contribution in [0.3, 0.4) is 0 Å². The molecule has 136 valence electrons. The van der Waals surface area contributed by atoms with E-state index in [2.05, 4.69) is 15.1 Å². The Hall–Kier alpha value is -3.52. The third-order valence-corrected chi connectivity index (χ3v) is 4.28. The minimum atomic E-state index is -0.476. The zero-order valence-corrected chi connectivity index (χ0v) is 14.2. The second-order valence-electron chi connectivity index (χ2n) is 5.97. The summed E-state index contributed by atoms with van der Waals surface area (Å²) in [6.07, 6.45) is 0. The number of anilines is 1. The molecule has 2 heterocycles. The largest absolute Gasteiger partial charge is 0.394 e. The molecular weight excluding hydrogens is 349 g/mol. The van der Waals surface area contributed by atoms with Crippen LogP contribution in [0.4, 0.5) is 10.2 Å². The van der Waals surface area contributed by atoms with Crippen LogP contribution in [0, 0.1) is 5.82 Å². The number of aliphatic hydroxyl groups is 1. The number of fused-ring (bicyclic) bond motifs is 1. The Bertz CT molecular complexity index is 1200. The third kappa shape index (κ3) is 2.85. The van der Waals surface area contributed by atoms with E-state index in [-0.39, 0.29) is 41.6 Å². The molecule has 4 N–H and O–H groups in total. The molecule has 8 heteroatoms. The van der Waals surface area contributed by atoms with Crippen molar-refractivity contribution in [3.63, 3.8) is 0 Å². The van der Waals surface area contributed by atoms with Crippen LogP contribution in [0.15, 0.2) is 53.3 Å². The molecule has 0 fully saturated rings. The van der Waals surface area contributed by atoms with Gasteiger partial charge in [0.15, 0.2) is 0 Å². The van der Waals surface area contributed by atoms with Gasteiger partial charge in [-0.25, -0.2) is 14.1 Å². The van der Waals surface area contributed by atoms with Gasteiger partial charge in [0.25, 0.3) is 5.56 Å². The molecule has 0 unspecified atom stereocenters. The lowest BCUT2D eigenvalue weighted by Gasteiger charge is -2.06. The number of aromatic nitrogens is 4. The predicted octanol–water partition coefficient (Wildman–Crippen LogP) is 2.17. The van der Waals surface area contributed by atoms with Gasteiger partial charge in [-0.3, -0.25) is 4.79 Å². The van der Waals surface area contributed by atoms with E-state index in [9.17, 15) is 14.3 Å². The number of aliphatic hydroxyl groups excluding tert-OH is 1. The molecule has 7 nitrogen and oxygen atoms in total. The predicted molar refractivity (Wildman–Crippen MR) is 100 cm³/mol. The van der Waals surface area contributed by atoms with E-state index in [0.717, 1.165) is 0 Å². The van der Waals surface area contributed by atoms with E-state index >= 15 is 0 Å². The molecule has 0 aliphatic heterocycles. The first-order chi connectivity index (χ1) is 13.1. The zero-order valence-electron chi connectivity index (χ0n) is 14.2. The monoisotopic (exact) mass is 365 g/mol. The van der Waals surface area contributed by atoms with Crippen molar-refractivity contribution in [3.8, 4) is 22.6 Å². The second kappa shape index (κ2) is 6.65. The Balaban J connectivity index is 2.03. The average molecular weight is 365 g/mol. The Morgan fingerprint density at radius 3 is 2.67 bits per heavy atom. The maximum Gasteiger partial charge on any atom is 0.259 e. The molecule has 0 spiro atoms. The van der Waals surface area contributed by atoms with Gasteiger partial charge in [-0.1, -0.05) is 24.3 Å². The fourth-order valence-corrected chi connectivity index (χ4v) is 3.02. The SMILES string of the molecule is Nc1c(-c2nc3ccccc3c(=O)[nH]2)c(-c2ccccc2F)nn1CCO. The van der Waals surface area contributed by atoms with E-state index in [1.165, 1.54) is 10.7 Å². The first kappa shape index (κ1) is 16.9. The number of para-hydroxylation sites is 1. The van der Waals surface area contributed by atoms with Crippen molar-refractivity contribution in [2.45, 2.75) is 6.54 Å². The molecule has 4 aromatic rings. The van der Waals surface area contributed by atoms with Crippen molar-refractivity contribution in [2.24, 2.45) is 0 Å². The van der Waals surface area contributed by atoms with E-state index in [4.69, 9.17) is 5.73 Å². The summed E-state index contributed by atoms with van der Waals surface area (Å²) in [5.74, 6) is -0.102. The fourth-order valence-electron chi connectivity index (χ4n) is 3.02. The molecule has 0 aliphatic carbocycles. The third-order valence-electron chi connectivity index (χ3n) is 4.28. The summed E-state index contributed by atoms with van der Waals surface area (Å²) in [7, 11) is 0. The summed E-state index contributed by atoms with van der Waals surface area (Å²) in [5, 5.41) is 14.0. The van der Waals surface area contributed by atoms with Crippen LogP contribution in [-0.4, -0.2) is 31.5 Å². The molecule has 0 amide bonds. The normalized spacial score (nSPS) is 11.2. The van der Waals surface area contributed by atoms with Crippen molar-refractivity contribution in [3.05, 3.63) is 64.7 Å². The van der Waals surface area contributed by atoms with Crippen molar-refractivity contribution in [1.82, 2.24) is 19.7 Å². The lowest BCUT2D eigenvalue weighted by molar-refractivity contribution is 0.270. The van der Waals surface area contributed by atoms with Crippen molar-refractivity contribution < 1.29 is 9.50 Å². The highest BCUT2D eigenvalue weighted by molar-refractivity contribution is 5.88. The number of nitrogen functional groups attached to an aromatic ring is 1.